The number of Topliss-reactive ketones (excluding diaryl/α,β-unsaturated/α-hetero) is 2. The Hall–Kier alpha value is -1.85. The van der Waals surface area contributed by atoms with Gasteiger partial charge in [0.15, 0.2) is 5.78 Å². The van der Waals surface area contributed by atoms with Gasteiger partial charge in [-0.25, -0.2) is 0 Å². The molecule has 1 aromatic carbocycles. The molecule has 0 atom stereocenters. The third kappa shape index (κ3) is 2.40. The van der Waals surface area contributed by atoms with Crippen molar-refractivity contribution in [3.8, 4) is 5.75 Å². The van der Waals surface area contributed by atoms with Crippen LogP contribution in [0.1, 0.15) is 23.7 Å². The van der Waals surface area contributed by atoms with Crippen molar-refractivity contribution >= 4 is 45.7 Å². The van der Waals surface area contributed by atoms with Crippen LogP contribution in [0.4, 0.5) is 0 Å². The number of nitrogens with zero attached hydrogens (tertiary/aromatic N) is 1. The van der Waals surface area contributed by atoms with Gasteiger partial charge in [-0.2, -0.15) is 0 Å². The molecule has 0 amide bonds. The van der Waals surface area contributed by atoms with Gasteiger partial charge in [-0.1, -0.05) is 42.3 Å². The molecule has 0 spiro atoms. The van der Waals surface area contributed by atoms with Crippen molar-refractivity contribution in [3.63, 3.8) is 0 Å². The highest BCUT2D eigenvalue weighted by molar-refractivity contribution is 6.69. The first-order chi connectivity index (χ1) is 10.2. The molecule has 0 bridgehead atoms. The maximum absolute atomic E-state index is 12.4. The van der Waals surface area contributed by atoms with E-state index in [9.17, 15) is 19.5 Å². The second-order valence-corrected chi connectivity index (χ2v) is 6.11. The third-order valence-corrected chi connectivity index (χ3v) is 4.22. The fourth-order valence-electron chi connectivity index (χ4n) is 2.19. The van der Waals surface area contributed by atoms with Crippen LogP contribution in [0.25, 0.3) is 10.9 Å². The van der Waals surface area contributed by atoms with Crippen LogP contribution in [-0.2, 0) is 11.8 Å². The summed E-state index contributed by atoms with van der Waals surface area (Å²) >= 11 is 11.7. The smallest absolute Gasteiger partial charge is 0.265 e. The zero-order valence-corrected chi connectivity index (χ0v) is 13.4. The maximum Gasteiger partial charge on any atom is 0.265 e. The molecule has 1 heterocycles. The van der Waals surface area contributed by atoms with Crippen molar-refractivity contribution in [2.45, 2.75) is 17.7 Å². The monoisotopic (exact) mass is 341 g/mol. The van der Waals surface area contributed by atoms with Crippen LogP contribution >= 0.6 is 23.2 Å². The van der Waals surface area contributed by atoms with E-state index in [-0.39, 0.29) is 6.42 Å². The molecular weight excluding hydrogens is 329 g/mol. The van der Waals surface area contributed by atoms with Crippen molar-refractivity contribution in [1.29, 1.82) is 0 Å². The third-order valence-electron chi connectivity index (χ3n) is 3.46. The molecule has 0 aliphatic carbocycles. The van der Waals surface area contributed by atoms with Gasteiger partial charge in [0.05, 0.1) is 5.52 Å². The number of aromatic hydroxyl groups is 1. The topological polar surface area (TPSA) is 76.4 Å². The Morgan fingerprint density at radius 1 is 1.27 bits per heavy atom. The summed E-state index contributed by atoms with van der Waals surface area (Å²) in [6, 6.07) is 6.51. The number of pyridine rings is 1. The molecule has 1 N–H and O–H groups in total. The van der Waals surface area contributed by atoms with Crippen LogP contribution in [0.5, 0.6) is 5.75 Å². The maximum atomic E-state index is 12.4. The van der Waals surface area contributed by atoms with Gasteiger partial charge in [-0.15, -0.1) is 0 Å². The van der Waals surface area contributed by atoms with E-state index in [0.29, 0.717) is 10.9 Å². The second kappa shape index (κ2) is 5.74. The quantitative estimate of drug-likeness (QED) is 0.526. The van der Waals surface area contributed by atoms with E-state index in [4.69, 9.17) is 23.2 Å². The van der Waals surface area contributed by atoms with Gasteiger partial charge >= 0.3 is 0 Å². The number of ketones is 2. The Labute approximate surface area is 136 Å². The highest BCUT2D eigenvalue weighted by Gasteiger charge is 2.43. The van der Waals surface area contributed by atoms with Gasteiger partial charge in [-0.3, -0.25) is 14.4 Å². The van der Waals surface area contributed by atoms with Gasteiger partial charge in [0, 0.05) is 18.9 Å². The highest BCUT2D eigenvalue weighted by Crippen LogP contribution is 2.33. The fraction of sp³-hybridized carbons (Fsp3) is 0.267. The first-order valence-electron chi connectivity index (χ1n) is 6.50. The lowest BCUT2D eigenvalue weighted by molar-refractivity contribution is -0.118. The summed E-state index contributed by atoms with van der Waals surface area (Å²) in [7, 11) is 1.45. The number of aromatic nitrogens is 1. The Morgan fingerprint density at radius 2 is 1.86 bits per heavy atom. The normalized spacial score (nSPS) is 11.6. The van der Waals surface area contributed by atoms with Crippen LogP contribution < -0.4 is 5.56 Å². The number of aryl methyl sites for hydroxylation is 1. The molecule has 22 heavy (non-hydrogen) atoms. The molecule has 0 aliphatic rings. The summed E-state index contributed by atoms with van der Waals surface area (Å²) in [5.41, 5.74) is -0.915. The molecule has 2 aromatic rings. The lowest BCUT2D eigenvalue weighted by atomic mass is 10.0. The summed E-state index contributed by atoms with van der Waals surface area (Å²) in [5, 5.41) is 10.6. The molecule has 0 unspecified atom stereocenters. The van der Waals surface area contributed by atoms with Crippen molar-refractivity contribution in [2.24, 2.45) is 7.05 Å². The van der Waals surface area contributed by atoms with Gasteiger partial charge < -0.3 is 9.67 Å². The van der Waals surface area contributed by atoms with Crippen LogP contribution in [0, 0.1) is 0 Å². The molecule has 2 rings (SSSR count). The molecular formula is C15H13Cl2NO4. The van der Waals surface area contributed by atoms with Gasteiger partial charge in [0.25, 0.3) is 5.56 Å². The van der Waals surface area contributed by atoms with Crippen molar-refractivity contribution in [3.05, 3.63) is 40.2 Å². The molecule has 0 radical (unpaired) electrons. The highest BCUT2D eigenvalue weighted by atomic mass is 35.5. The van der Waals surface area contributed by atoms with Crippen molar-refractivity contribution < 1.29 is 14.7 Å². The Morgan fingerprint density at radius 3 is 2.45 bits per heavy atom. The van der Waals surface area contributed by atoms with Crippen LogP contribution in [-0.4, -0.2) is 25.6 Å². The molecule has 0 aliphatic heterocycles. The van der Waals surface area contributed by atoms with E-state index in [1.54, 1.807) is 24.3 Å². The Balaban J connectivity index is 2.80. The van der Waals surface area contributed by atoms with Crippen molar-refractivity contribution in [2.75, 3.05) is 0 Å². The summed E-state index contributed by atoms with van der Waals surface area (Å²) in [6.45, 7) is 1.49. The number of para-hydroxylation sites is 1. The first-order valence-corrected chi connectivity index (χ1v) is 7.25. The van der Waals surface area contributed by atoms with E-state index < -0.39 is 32.8 Å². The average Bonchev–Trinajstić information content (AvgIpc) is 2.51. The lowest BCUT2D eigenvalue weighted by Gasteiger charge is -2.18. The van der Waals surface area contributed by atoms with E-state index in [1.807, 2.05) is 0 Å². The van der Waals surface area contributed by atoms with Crippen LogP contribution in [0.3, 0.4) is 0 Å². The van der Waals surface area contributed by atoms with Gasteiger partial charge in [0.1, 0.15) is 11.3 Å². The largest absolute Gasteiger partial charge is 0.506 e. The number of carbonyl (C=O) groups excluding carboxylic acids is 2. The number of halogens is 2. The molecule has 5 nitrogen and oxygen atoms in total. The zero-order valence-electron chi connectivity index (χ0n) is 11.9. The molecule has 7 heteroatoms. The standard InChI is InChI=1S/C15H13Cl2NO4/c1-3-10(19)15(16,17)13(21)11-12(20)8-6-4-5-7-9(8)18(2)14(11)22/h4-7,20H,3H2,1-2H3. The SMILES string of the molecule is CCC(=O)C(Cl)(Cl)C(=O)c1c(O)c2ccccc2n(C)c1=O. The number of carbonyl (C=O) groups is 2. The number of rotatable bonds is 4. The first kappa shape index (κ1) is 16.5. The van der Waals surface area contributed by atoms with Crippen molar-refractivity contribution in [1.82, 2.24) is 4.57 Å². The van der Waals surface area contributed by atoms with E-state index >= 15 is 0 Å². The van der Waals surface area contributed by atoms with Gasteiger partial charge in [0.2, 0.25) is 10.1 Å². The number of hydrogen-bond acceptors (Lipinski definition) is 4. The minimum atomic E-state index is -2.40. The number of fused-ring (bicyclic) bond motifs is 1. The van der Waals surface area contributed by atoms with Crippen LogP contribution in [0.2, 0.25) is 0 Å². The zero-order chi connectivity index (χ0) is 16.7. The molecule has 0 saturated carbocycles. The molecule has 0 saturated heterocycles. The molecule has 116 valence electrons. The summed E-state index contributed by atoms with van der Waals surface area (Å²) in [4.78, 5) is 36.5. The Bertz CT molecular complexity index is 839. The number of alkyl halides is 2. The molecule has 0 fully saturated rings. The number of benzene rings is 1. The predicted octanol–water partition coefficient (Wildman–Crippen LogP) is 2.58. The lowest BCUT2D eigenvalue weighted by Crippen LogP contribution is -2.39. The summed E-state index contributed by atoms with van der Waals surface area (Å²) in [6.07, 6.45) is -0.0760. The predicted molar refractivity (Wildman–Crippen MR) is 84.9 cm³/mol. The fourth-order valence-corrected chi connectivity index (χ4v) is 2.65. The van der Waals surface area contributed by atoms with Crippen LogP contribution in [0.15, 0.2) is 29.1 Å². The summed E-state index contributed by atoms with van der Waals surface area (Å²) < 4.78 is -1.20. The number of hydrogen-bond donors (Lipinski definition) is 1. The Kier molecular flexibility index (Phi) is 4.31. The minimum Gasteiger partial charge on any atom is -0.506 e. The van der Waals surface area contributed by atoms with Gasteiger partial charge in [-0.05, 0) is 12.1 Å². The molecule has 1 aromatic heterocycles. The summed E-state index contributed by atoms with van der Waals surface area (Å²) in [5.74, 6) is -2.39. The minimum absolute atomic E-state index is 0.0760. The second-order valence-electron chi connectivity index (χ2n) is 4.79. The average molecular weight is 342 g/mol. The van der Waals surface area contributed by atoms with E-state index in [0.717, 1.165) is 0 Å². The van der Waals surface area contributed by atoms with E-state index in [1.165, 1.54) is 18.5 Å². The van der Waals surface area contributed by atoms with E-state index in [2.05, 4.69) is 0 Å².